The summed E-state index contributed by atoms with van der Waals surface area (Å²) in [5, 5.41) is 12.0. The molecule has 35 heavy (non-hydrogen) atoms. The van der Waals surface area contributed by atoms with Gasteiger partial charge in [-0.25, -0.2) is 4.79 Å². The van der Waals surface area contributed by atoms with Gasteiger partial charge in [-0.1, -0.05) is 89.1 Å². The molecule has 2 amide bonds. The monoisotopic (exact) mass is 480 g/mol. The maximum atomic E-state index is 13.3. The molecule has 0 aliphatic heterocycles. The molecule has 7 heteroatoms. The van der Waals surface area contributed by atoms with E-state index >= 15 is 0 Å². The Hall–Kier alpha value is -3.35. The lowest BCUT2D eigenvalue weighted by Crippen LogP contribution is -2.52. The number of rotatable bonds is 10. The molecule has 0 aromatic heterocycles. The van der Waals surface area contributed by atoms with E-state index in [2.05, 4.69) is 17.4 Å². The first kappa shape index (κ1) is 26.3. The standard InChI is InChI=1S/C28H36N2O5/c1-5-6-15-24(26(33)30(16-25(31)32)18-28(2,3)4)29-27(34)35-17-23-21-13-9-7-11-19(21)20-12-8-10-14-22(20)23/h7-14,23-24H,5-6,15-18H2,1-4H3,(H,29,34)(H,31,32). The predicted octanol–water partition coefficient (Wildman–Crippen LogP) is 5.04. The van der Waals surface area contributed by atoms with Crippen LogP contribution in [0.1, 0.15) is 64.0 Å². The molecular formula is C28H36N2O5. The Morgan fingerprint density at radius 2 is 1.60 bits per heavy atom. The number of benzene rings is 2. The lowest BCUT2D eigenvalue weighted by atomic mass is 9.95. The highest BCUT2D eigenvalue weighted by molar-refractivity contribution is 5.88. The third kappa shape index (κ3) is 6.84. The minimum atomic E-state index is -1.09. The number of ether oxygens (including phenoxy) is 1. The van der Waals surface area contributed by atoms with E-state index in [0.717, 1.165) is 35.1 Å². The van der Waals surface area contributed by atoms with Crippen molar-refractivity contribution in [3.05, 3.63) is 59.7 Å². The highest BCUT2D eigenvalue weighted by Crippen LogP contribution is 2.44. The van der Waals surface area contributed by atoms with Crippen molar-refractivity contribution in [3.8, 4) is 11.1 Å². The average molecular weight is 481 g/mol. The summed E-state index contributed by atoms with van der Waals surface area (Å²) in [5.41, 5.74) is 4.21. The van der Waals surface area contributed by atoms with E-state index in [1.807, 2.05) is 64.1 Å². The normalized spacial score (nSPS) is 13.5. The zero-order chi connectivity index (χ0) is 25.6. The van der Waals surface area contributed by atoms with Crippen molar-refractivity contribution in [2.24, 2.45) is 5.41 Å². The number of carboxylic acid groups (broad SMARTS) is 1. The summed E-state index contributed by atoms with van der Waals surface area (Å²) in [5.74, 6) is -1.57. The SMILES string of the molecule is CCCCC(NC(=O)OCC1c2ccccc2-c2ccccc21)C(=O)N(CC(=O)O)CC(C)(C)C. The Balaban J connectivity index is 1.71. The fraction of sp³-hybridized carbons (Fsp3) is 0.464. The molecular weight excluding hydrogens is 444 g/mol. The number of nitrogens with one attached hydrogen (secondary N) is 1. The minimum absolute atomic E-state index is 0.0812. The van der Waals surface area contributed by atoms with Gasteiger partial charge in [-0.15, -0.1) is 0 Å². The highest BCUT2D eigenvalue weighted by Gasteiger charge is 2.32. The lowest BCUT2D eigenvalue weighted by molar-refractivity contribution is -0.146. The second kappa shape index (κ2) is 11.4. The molecule has 188 valence electrons. The zero-order valence-corrected chi connectivity index (χ0v) is 21.0. The number of carbonyl (C=O) groups excluding carboxylic acids is 2. The number of alkyl carbamates (subject to hydrolysis) is 1. The number of carboxylic acids is 1. The van der Waals surface area contributed by atoms with Gasteiger partial charge in [0.1, 0.15) is 19.2 Å². The van der Waals surface area contributed by atoms with E-state index < -0.39 is 30.6 Å². The number of carbonyl (C=O) groups is 3. The molecule has 0 saturated carbocycles. The van der Waals surface area contributed by atoms with E-state index in [-0.39, 0.29) is 24.5 Å². The zero-order valence-electron chi connectivity index (χ0n) is 21.0. The molecule has 0 heterocycles. The summed E-state index contributed by atoms with van der Waals surface area (Å²) in [6.07, 6.45) is 1.30. The van der Waals surface area contributed by atoms with E-state index in [1.54, 1.807) is 0 Å². The van der Waals surface area contributed by atoms with Crippen LogP contribution in [0.2, 0.25) is 0 Å². The van der Waals surface area contributed by atoms with Crippen molar-refractivity contribution < 1.29 is 24.2 Å². The number of unbranched alkanes of at least 4 members (excludes halogenated alkanes) is 1. The fourth-order valence-corrected chi connectivity index (χ4v) is 4.62. The van der Waals surface area contributed by atoms with Crippen LogP contribution in [-0.2, 0) is 14.3 Å². The van der Waals surface area contributed by atoms with Crippen molar-refractivity contribution in [1.29, 1.82) is 0 Å². The van der Waals surface area contributed by atoms with Crippen molar-refractivity contribution in [3.63, 3.8) is 0 Å². The third-order valence-electron chi connectivity index (χ3n) is 6.08. The Kier molecular flexibility index (Phi) is 8.54. The molecule has 2 N–H and O–H groups in total. The first-order valence-electron chi connectivity index (χ1n) is 12.2. The van der Waals surface area contributed by atoms with Crippen LogP contribution in [0.4, 0.5) is 4.79 Å². The Morgan fingerprint density at radius 3 is 2.11 bits per heavy atom. The van der Waals surface area contributed by atoms with Crippen molar-refractivity contribution in [2.45, 2.75) is 58.9 Å². The molecule has 2 aromatic carbocycles. The minimum Gasteiger partial charge on any atom is -0.480 e. The first-order valence-corrected chi connectivity index (χ1v) is 12.2. The van der Waals surface area contributed by atoms with Gasteiger partial charge in [-0.3, -0.25) is 9.59 Å². The van der Waals surface area contributed by atoms with Gasteiger partial charge in [0, 0.05) is 12.5 Å². The highest BCUT2D eigenvalue weighted by atomic mass is 16.5. The van der Waals surface area contributed by atoms with E-state index in [4.69, 9.17) is 4.74 Å². The topological polar surface area (TPSA) is 95.9 Å². The van der Waals surface area contributed by atoms with Gasteiger partial charge in [0.05, 0.1) is 0 Å². The van der Waals surface area contributed by atoms with Gasteiger partial charge in [0.25, 0.3) is 0 Å². The van der Waals surface area contributed by atoms with Gasteiger partial charge in [0.2, 0.25) is 5.91 Å². The number of hydrogen-bond acceptors (Lipinski definition) is 4. The van der Waals surface area contributed by atoms with Crippen LogP contribution >= 0.6 is 0 Å². The Labute approximate surface area is 207 Å². The van der Waals surface area contributed by atoms with Crippen LogP contribution in [0.25, 0.3) is 11.1 Å². The molecule has 2 aromatic rings. The number of amides is 2. The quantitative estimate of drug-likeness (QED) is 0.496. The van der Waals surface area contributed by atoms with Gasteiger partial charge in [0.15, 0.2) is 0 Å². The molecule has 7 nitrogen and oxygen atoms in total. The fourth-order valence-electron chi connectivity index (χ4n) is 4.62. The van der Waals surface area contributed by atoms with E-state index in [1.165, 1.54) is 4.90 Å². The number of nitrogens with zero attached hydrogens (tertiary/aromatic N) is 1. The summed E-state index contributed by atoms with van der Waals surface area (Å²) < 4.78 is 5.62. The largest absolute Gasteiger partial charge is 0.480 e. The lowest BCUT2D eigenvalue weighted by Gasteiger charge is -2.32. The molecule has 0 fully saturated rings. The van der Waals surface area contributed by atoms with Crippen LogP contribution in [0, 0.1) is 5.41 Å². The van der Waals surface area contributed by atoms with Crippen LogP contribution in [0.15, 0.2) is 48.5 Å². The van der Waals surface area contributed by atoms with Gasteiger partial charge in [-0.05, 0) is 34.1 Å². The molecule has 3 rings (SSSR count). The van der Waals surface area contributed by atoms with Crippen LogP contribution in [0.3, 0.4) is 0 Å². The third-order valence-corrected chi connectivity index (χ3v) is 6.08. The number of aliphatic carboxylic acids is 1. The number of fused-ring (bicyclic) bond motifs is 3. The average Bonchev–Trinajstić information content (AvgIpc) is 3.12. The molecule has 1 aliphatic carbocycles. The summed E-state index contributed by atoms with van der Waals surface area (Å²) in [6.45, 7) is 7.83. The Bertz CT molecular complexity index is 1010. The second-order valence-corrected chi connectivity index (χ2v) is 10.3. The summed E-state index contributed by atoms with van der Waals surface area (Å²) >= 11 is 0. The molecule has 0 radical (unpaired) electrons. The van der Waals surface area contributed by atoms with Crippen molar-refractivity contribution >= 4 is 18.0 Å². The number of hydrogen-bond donors (Lipinski definition) is 2. The molecule has 0 bridgehead atoms. The van der Waals surface area contributed by atoms with Gasteiger partial charge in [-0.2, -0.15) is 0 Å². The summed E-state index contributed by atoms with van der Waals surface area (Å²) in [7, 11) is 0. The first-order chi connectivity index (χ1) is 16.6. The van der Waals surface area contributed by atoms with Crippen LogP contribution < -0.4 is 5.32 Å². The molecule has 1 aliphatic rings. The van der Waals surface area contributed by atoms with Gasteiger partial charge >= 0.3 is 12.1 Å². The molecule has 1 atom stereocenters. The maximum absolute atomic E-state index is 13.3. The van der Waals surface area contributed by atoms with Crippen LogP contribution in [-0.4, -0.2) is 53.7 Å². The molecule has 0 spiro atoms. The Morgan fingerprint density at radius 1 is 1.03 bits per heavy atom. The maximum Gasteiger partial charge on any atom is 0.407 e. The van der Waals surface area contributed by atoms with Crippen molar-refractivity contribution in [1.82, 2.24) is 10.2 Å². The molecule has 1 unspecified atom stereocenters. The van der Waals surface area contributed by atoms with Gasteiger partial charge < -0.3 is 20.1 Å². The van der Waals surface area contributed by atoms with E-state index in [9.17, 15) is 19.5 Å². The molecule has 0 saturated heterocycles. The smallest absolute Gasteiger partial charge is 0.407 e. The predicted molar refractivity (Wildman–Crippen MR) is 135 cm³/mol. The van der Waals surface area contributed by atoms with E-state index in [0.29, 0.717) is 6.42 Å². The second-order valence-electron chi connectivity index (χ2n) is 10.3. The van der Waals surface area contributed by atoms with Crippen LogP contribution in [0.5, 0.6) is 0 Å². The summed E-state index contributed by atoms with van der Waals surface area (Å²) in [4.78, 5) is 38.8. The summed E-state index contributed by atoms with van der Waals surface area (Å²) in [6, 6.07) is 15.3. The van der Waals surface area contributed by atoms with Crippen molar-refractivity contribution in [2.75, 3.05) is 19.7 Å².